The smallest absolute Gasteiger partial charge is 0.191 e. The molecule has 0 aromatic heterocycles. The van der Waals surface area contributed by atoms with E-state index >= 15 is 0 Å². The predicted molar refractivity (Wildman–Crippen MR) is 106 cm³/mol. The molecule has 1 saturated heterocycles. The minimum absolute atomic E-state index is 0. The second kappa shape index (κ2) is 11.5. The second-order valence-corrected chi connectivity index (χ2v) is 6.81. The summed E-state index contributed by atoms with van der Waals surface area (Å²) in [6, 6.07) is 0.639. The summed E-state index contributed by atoms with van der Waals surface area (Å²) in [5.74, 6) is 1.66. The summed E-state index contributed by atoms with van der Waals surface area (Å²) in [6.45, 7) is 10.1. The van der Waals surface area contributed by atoms with Crippen molar-refractivity contribution in [2.75, 3.05) is 32.7 Å². The highest BCUT2D eigenvalue weighted by Gasteiger charge is 2.16. The Bertz CT molecular complexity index is 310. The van der Waals surface area contributed by atoms with E-state index < -0.39 is 0 Å². The van der Waals surface area contributed by atoms with E-state index in [1.807, 2.05) is 0 Å². The molecule has 0 amide bonds. The van der Waals surface area contributed by atoms with Crippen molar-refractivity contribution in [1.82, 2.24) is 15.5 Å². The number of likely N-dealkylation sites (tertiary alicyclic amines) is 1. The summed E-state index contributed by atoms with van der Waals surface area (Å²) < 4.78 is 0. The van der Waals surface area contributed by atoms with Crippen LogP contribution in [0.15, 0.2) is 4.99 Å². The van der Waals surface area contributed by atoms with Crippen LogP contribution < -0.4 is 10.6 Å². The Balaban J connectivity index is 0.00000242. The van der Waals surface area contributed by atoms with Crippen molar-refractivity contribution in [2.24, 2.45) is 10.9 Å². The number of nitrogens with one attached hydrogen (secondary N) is 2. The molecule has 1 atom stereocenters. The fourth-order valence-corrected chi connectivity index (χ4v) is 3.47. The Labute approximate surface area is 153 Å². The zero-order chi connectivity index (χ0) is 14.9. The number of rotatable bonds is 6. The highest BCUT2D eigenvalue weighted by molar-refractivity contribution is 14.0. The van der Waals surface area contributed by atoms with Crippen LogP contribution in [0.1, 0.15) is 58.8 Å². The molecule has 0 spiro atoms. The zero-order valence-electron chi connectivity index (χ0n) is 14.4. The van der Waals surface area contributed by atoms with E-state index in [4.69, 9.17) is 4.99 Å². The summed E-state index contributed by atoms with van der Waals surface area (Å²) in [5, 5.41) is 6.99. The Kier molecular flexibility index (Phi) is 10.4. The first kappa shape index (κ1) is 20.0. The number of halogens is 1. The van der Waals surface area contributed by atoms with Crippen LogP contribution in [-0.4, -0.2) is 49.6 Å². The predicted octanol–water partition coefficient (Wildman–Crippen LogP) is 3.22. The first-order valence-corrected chi connectivity index (χ1v) is 9.05. The molecule has 2 aliphatic rings. The topological polar surface area (TPSA) is 39.7 Å². The third kappa shape index (κ3) is 7.49. The molecule has 0 bridgehead atoms. The van der Waals surface area contributed by atoms with E-state index in [1.165, 1.54) is 64.6 Å². The zero-order valence-corrected chi connectivity index (χ0v) is 16.8. The summed E-state index contributed by atoms with van der Waals surface area (Å²) in [6.07, 6.45) is 9.50. The number of aliphatic imine (C=N–C) groups is 1. The van der Waals surface area contributed by atoms with Crippen molar-refractivity contribution < 1.29 is 0 Å². The van der Waals surface area contributed by atoms with Crippen LogP contribution in [0.3, 0.4) is 0 Å². The molecule has 22 heavy (non-hydrogen) atoms. The molecule has 130 valence electrons. The normalized spacial score (nSPS) is 22.2. The third-order valence-corrected chi connectivity index (χ3v) is 4.62. The van der Waals surface area contributed by atoms with Crippen LogP contribution in [0.5, 0.6) is 0 Å². The number of nitrogens with zero attached hydrogens (tertiary/aromatic N) is 2. The van der Waals surface area contributed by atoms with Gasteiger partial charge < -0.3 is 15.5 Å². The van der Waals surface area contributed by atoms with Gasteiger partial charge in [-0.25, -0.2) is 0 Å². The van der Waals surface area contributed by atoms with E-state index in [9.17, 15) is 0 Å². The molecule has 1 unspecified atom stereocenters. The SMILES string of the molecule is CCNC(=NCC(C)CN1CCCCC1)NC1CCCC1.I. The van der Waals surface area contributed by atoms with E-state index in [1.54, 1.807) is 0 Å². The Morgan fingerprint density at radius 1 is 1.14 bits per heavy atom. The highest BCUT2D eigenvalue weighted by atomic mass is 127. The molecule has 0 aromatic carbocycles. The molecular weight excluding hydrogens is 387 g/mol. The van der Waals surface area contributed by atoms with Gasteiger partial charge in [-0.1, -0.05) is 26.2 Å². The lowest BCUT2D eigenvalue weighted by molar-refractivity contribution is 0.203. The summed E-state index contributed by atoms with van der Waals surface area (Å²) >= 11 is 0. The van der Waals surface area contributed by atoms with Crippen molar-refractivity contribution in [1.29, 1.82) is 0 Å². The van der Waals surface area contributed by atoms with E-state index in [-0.39, 0.29) is 24.0 Å². The molecular formula is C17H35IN4. The molecule has 0 aromatic rings. The van der Waals surface area contributed by atoms with Gasteiger partial charge in [-0.05, 0) is 51.6 Å². The Morgan fingerprint density at radius 2 is 1.82 bits per heavy atom. The average molecular weight is 422 g/mol. The molecule has 2 rings (SSSR count). The maximum Gasteiger partial charge on any atom is 0.191 e. The van der Waals surface area contributed by atoms with Gasteiger partial charge in [0.1, 0.15) is 0 Å². The van der Waals surface area contributed by atoms with Crippen LogP contribution in [0, 0.1) is 5.92 Å². The first-order valence-electron chi connectivity index (χ1n) is 9.05. The minimum Gasteiger partial charge on any atom is -0.357 e. The van der Waals surface area contributed by atoms with Crippen molar-refractivity contribution in [3.8, 4) is 0 Å². The number of piperidine rings is 1. The lowest BCUT2D eigenvalue weighted by Crippen LogP contribution is -2.42. The van der Waals surface area contributed by atoms with Gasteiger partial charge in [0.25, 0.3) is 0 Å². The lowest BCUT2D eigenvalue weighted by atomic mass is 10.1. The average Bonchev–Trinajstić information content (AvgIpc) is 2.99. The summed E-state index contributed by atoms with van der Waals surface area (Å²) in [4.78, 5) is 7.42. The second-order valence-electron chi connectivity index (χ2n) is 6.81. The molecule has 2 N–H and O–H groups in total. The summed E-state index contributed by atoms with van der Waals surface area (Å²) in [5.41, 5.74) is 0. The maximum atomic E-state index is 4.81. The van der Waals surface area contributed by atoms with Gasteiger partial charge in [-0.15, -0.1) is 24.0 Å². The van der Waals surface area contributed by atoms with Crippen molar-refractivity contribution in [2.45, 2.75) is 64.8 Å². The molecule has 4 nitrogen and oxygen atoms in total. The number of hydrogen-bond acceptors (Lipinski definition) is 2. The van der Waals surface area contributed by atoms with E-state index in [2.05, 4.69) is 29.4 Å². The maximum absolute atomic E-state index is 4.81. The first-order chi connectivity index (χ1) is 10.3. The van der Waals surface area contributed by atoms with Gasteiger partial charge >= 0.3 is 0 Å². The van der Waals surface area contributed by atoms with Gasteiger partial charge in [0.05, 0.1) is 0 Å². The molecule has 1 aliphatic carbocycles. The summed E-state index contributed by atoms with van der Waals surface area (Å²) in [7, 11) is 0. The van der Waals surface area contributed by atoms with Gasteiger partial charge in [0.2, 0.25) is 0 Å². The Hall–Kier alpha value is -0.0400. The highest BCUT2D eigenvalue weighted by Crippen LogP contribution is 2.17. The fraction of sp³-hybridized carbons (Fsp3) is 0.941. The van der Waals surface area contributed by atoms with Gasteiger partial charge in [0.15, 0.2) is 5.96 Å². The number of guanidine groups is 1. The lowest BCUT2D eigenvalue weighted by Gasteiger charge is -2.28. The largest absolute Gasteiger partial charge is 0.357 e. The molecule has 1 heterocycles. The molecule has 1 saturated carbocycles. The van der Waals surface area contributed by atoms with Gasteiger partial charge in [-0.2, -0.15) is 0 Å². The van der Waals surface area contributed by atoms with Gasteiger partial charge in [-0.3, -0.25) is 4.99 Å². The Morgan fingerprint density at radius 3 is 2.45 bits per heavy atom. The van der Waals surface area contributed by atoms with Crippen LogP contribution in [0.4, 0.5) is 0 Å². The van der Waals surface area contributed by atoms with E-state index in [0.717, 1.165) is 19.0 Å². The van der Waals surface area contributed by atoms with Crippen LogP contribution in [0.2, 0.25) is 0 Å². The third-order valence-electron chi connectivity index (χ3n) is 4.62. The monoisotopic (exact) mass is 422 g/mol. The van der Waals surface area contributed by atoms with Gasteiger partial charge in [0, 0.05) is 25.7 Å². The van der Waals surface area contributed by atoms with Crippen LogP contribution in [0.25, 0.3) is 0 Å². The number of hydrogen-bond donors (Lipinski definition) is 2. The molecule has 2 fully saturated rings. The molecule has 0 radical (unpaired) electrons. The van der Waals surface area contributed by atoms with Crippen molar-refractivity contribution in [3.63, 3.8) is 0 Å². The van der Waals surface area contributed by atoms with Crippen molar-refractivity contribution >= 4 is 29.9 Å². The minimum atomic E-state index is 0. The van der Waals surface area contributed by atoms with Crippen molar-refractivity contribution in [3.05, 3.63) is 0 Å². The van der Waals surface area contributed by atoms with Crippen LogP contribution >= 0.6 is 24.0 Å². The van der Waals surface area contributed by atoms with Crippen LogP contribution in [-0.2, 0) is 0 Å². The van der Waals surface area contributed by atoms with E-state index in [0.29, 0.717) is 12.0 Å². The standard InChI is InChI=1S/C17H34N4.HI/c1-3-18-17(20-16-9-5-6-10-16)19-13-15(2)14-21-11-7-4-8-12-21;/h15-16H,3-14H2,1-2H3,(H2,18,19,20);1H. The molecule has 5 heteroatoms. The quantitative estimate of drug-likeness (QED) is 0.392. The fourth-order valence-electron chi connectivity index (χ4n) is 3.47. The molecule has 1 aliphatic heterocycles.